The van der Waals surface area contributed by atoms with Gasteiger partial charge in [-0.15, -0.1) is 0 Å². The lowest BCUT2D eigenvalue weighted by atomic mass is 10.3. The van der Waals surface area contributed by atoms with Crippen LogP contribution >= 0.6 is 0 Å². The fourth-order valence-electron chi connectivity index (χ4n) is 1.97. The number of hydrogen-bond acceptors (Lipinski definition) is 3. The van der Waals surface area contributed by atoms with Gasteiger partial charge in [0.2, 0.25) is 0 Å². The molecule has 5 heteroatoms. The summed E-state index contributed by atoms with van der Waals surface area (Å²) >= 11 is 0. The number of nitrogens with zero attached hydrogens (tertiary/aromatic N) is 2. The van der Waals surface area contributed by atoms with Crippen molar-refractivity contribution in [1.29, 1.82) is 0 Å². The van der Waals surface area contributed by atoms with Gasteiger partial charge in [0.1, 0.15) is 5.82 Å². The molecule has 0 aliphatic heterocycles. The second-order valence-electron chi connectivity index (χ2n) is 4.34. The lowest BCUT2D eigenvalue weighted by Gasteiger charge is -2.13. The number of carbonyl (C=O) groups excluding carboxylic acids is 1. The van der Waals surface area contributed by atoms with Crippen LogP contribution in [0.5, 0.6) is 0 Å². The van der Waals surface area contributed by atoms with Gasteiger partial charge in [-0.05, 0) is 24.3 Å². The molecule has 1 N–H and O–H groups in total. The van der Waals surface area contributed by atoms with Gasteiger partial charge < -0.3 is 14.3 Å². The lowest BCUT2D eigenvalue weighted by molar-refractivity contribution is 0.0750. The van der Waals surface area contributed by atoms with E-state index in [0.29, 0.717) is 12.3 Å². The molecule has 0 spiro atoms. The van der Waals surface area contributed by atoms with E-state index in [9.17, 15) is 4.79 Å². The number of aromatic amines is 1. The van der Waals surface area contributed by atoms with Gasteiger partial charge in [-0.25, -0.2) is 4.98 Å². The molecule has 0 fully saturated rings. The summed E-state index contributed by atoms with van der Waals surface area (Å²) in [5.74, 6) is 0.924. The maximum absolute atomic E-state index is 12.0. The molecule has 0 bridgehead atoms. The number of H-pyrrole nitrogens is 1. The number of furan rings is 1. The van der Waals surface area contributed by atoms with Crippen LogP contribution in [0.15, 0.2) is 47.1 Å². The van der Waals surface area contributed by atoms with Crippen molar-refractivity contribution in [3.63, 3.8) is 0 Å². The van der Waals surface area contributed by atoms with Crippen molar-refractivity contribution in [2.75, 3.05) is 7.05 Å². The molecule has 2 aromatic heterocycles. The quantitative estimate of drug-likeness (QED) is 0.781. The van der Waals surface area contributed by atoms with Gasteiger partial charge in [0, 0.05) is 7.05 Å². The Hall–Kier alpha value is -2.56. The zero-order valence-corrected chi connectivity index (χ0v) is 10.5. The van der Waals surface area contributed by atoms with E-state index in [0.717, 1.165) is 16.9 Å². The van der Waals surface area contributed by atoms with E-state index < -0.39 is 0 Å². The molecule has 0 atom stereocenters. The van der Waals surface area contributed by atoms with Gasteiger partial charge in [0.05, 0.1) is 23.8 Å². The van der Waals surface area contributed by atoms with Crippen molar-refractivity contribution < 1.29 is 9.21 Å². The minimum Gasteiger partial charge on any atom is -0.459 e. The molecule has 0 radical (unpaired) electrons. The van der Waals surface area contributed by atoms with Gasteiger partial charge in [-0.3, -0.25) is 4.79 Å². The molecule has 0 unspecified atom stereocenters. The zero-order chi connectivity index (χ0) is 13.2. The molecule has 1 amide bonds. The topological polar surface area (TPSA) is 62.1 Å². The van der Waals surface area contributed by atoms with Gasteiger partial charge in [-0.1, -0.05) is 12.1 Å². The average Bonchev–Trinajstić information content (AvgIpc) is 3.06. The molecular formula is C14H13N3O2. The van der Waals surface area contributed by atoms with E-state index in [2.05, 4.69) is 9.97 Å². The van der Waals surface area contributed by atoms with E-state index in [-0.39, 0.29) is 5.91 Å². The summed E-state index contributed by atoms with van der Waals surface area (Å²) < 4.78 is 5.09. The zero-order valence-electron chi connectivity index (χ0n) is 10.5. The maximum atomic E-state index is 12.0. The monoisotopic (exact) mass is 255 g/mol. The third kappa shape index (κ3) is 2.22. The van der Waals surface area contributed by atoms with Crippen LogP contribution in [0.2, 0.25) is 0 Å². The van der Waals surface area contributed by atoms with E-state index in [1.54, 1.807) is 24.1 Å². The number of amides is 1. The molecule has 0 saturated heterocycles. The van der Waals surface area contributed by atoms with Crippen molar-refractivity contribution in [2.24, 2.45) is 0 Å². The molecule has 0 aliphatic carbocycles. The van der Waals surface area contributed by atoms with E-state index >= 15 is 0 Å². The predicted octanol–water partition coefficient (Wildman–Crippen LogP) is 2.43. The smallest absolute Gasteiger partial charge is 0.289 e. The minimum atomic E-state index is -0.162. The highest BCUT2D eigenvalue weighted by molar-refractivity contribution is 5.91. The molecule has 0 aliphatic rings. The third-order valence-electron chi connectivity index (χ3n) is 2.90. The van der Waals surface area contributed by atoms with Crippen molar-refractivity contribution in [1.82, 2.24) is 14.9 Å². The number of benzene rings is 1. The van der Waals surface area contributed by atoms with E-state index in [4.69, 9.17) is 4.42 Å². The van der Waals surface area contributed by atoms with Crippen LogP contribution in [0.4, 0.5) is 0 Å². The molecule has 3 aromatic rings. The van der Waals surface area contributed by atoms with Crippen molar-refractivity contribution >= 4 is 16.9 Å². The van der Waals surface area contributed by atoms with Crippen molar-refractivity contribution in [2.45, 2.75) is 6.54 Å². The summed E-state index contributed by atoms with van der Waals surface area (Å²) in [5, 5.41) is 0. The van der Waals surface area contributed by atoms with E-state index in [1.807, 2.05) is 24.3 Å². The lowest BCUT2D eigenvalue weighted by Crippen LogP contribution is -2.26. The van der Waals surface area contributed by atoms with Gasteiger partial charge in [-0.2, -0.15) is 0 Å². The Bertz CT molecular complexity index is 667. The second-order valence-corrected chi connectivity index (χ2v) is 4.34. The first-order chi connectivity index (χ1) is 9.24. The molecule has 19 heavy (non-hydrogen) atoms. The first-order valence-electron chi connectivity index (χ1n) is 5.96. The number of nitrogens with one attached hydrogen (secondary N) is 1. The maximum Gasteiger partial charge on any atom is 0.289 e. The number of aromatic nitrogens is 2. The number of hydrogen-bond donors (Lipinski definition) is 1. The Kier molecular flexibility index (Phi) is 2.79. The summed E-state index contributed by atoms with van der Waals surface area (Å²) in [4.78, 5) is 21.2. The number of fused-ring (bicyclic) bond motifs is 1. The third-order valence-corrected chi connectivity index (χ3v) is 2.90. The summed E-state index contributed by atoms with van der Waals surface area (Å²) in [5.41, 5.74) is 1.87. The fraction of sp³-hybridized carbons (Fsp3) is 0.143. The van der Waals surface area contributed by atoms with Gasteiger partial charge >= 0.3 is 0 Å². The number of rotatable bonds is 3. The first kappa shape index (κ1) is 11.5. The molecular weight excluding hydrogens is 242 g/mol. The largest absolute Gasteiger partial charge is 0.459 e. The van der Waals surface area contributed by atoms with Gasteiger partial charge in [0.15, 0.2) is 5.76 Å². The number of carbonyl (C=O) groups is 1. The SMILES string of the molecule is CN(Cc1nc2ccccc2[nH]1)C(=O)c1ccco1. The summed E-state index contributed by atoms with van der Waals surface area (Å²) in [6.45, 7) is 0.411. The Morgan fingerprint density at radius 3 is 2.89 bits per heavy atom. The fourth-order valence-corrected chi connectivity index (χ4v) is 1.97. The van der Waals surface area contributed by atoms with Crippen LogP contribution in [-0.4, -0.2) is 27.8 Å². The Morgan fingerprint density at radius 2 is 2.16 bits per heavy atom. The highest BCUT2D eigenvalue weighted by Crippen LogP contribution is 2.12. The Morgan fingerprint density at radius 1 is 1.32 bits per heavy atom. The minimum absolute atomic E-state index is 0.162. The van der Waals surface area contributed by atoms with Gasteiger partial charge in [0.25, 0.3) is 5.91 Å². The summed E-state index contributed by atoms with van der Waals surface area (Å²) in [6, 6.07) is 11.1. The molecule has 5 nitrogen and oxygen atoms in total. The van der Waals surface area contributed by atoms with Crippen LogP contribution < -0.4 is 0 Å². The molecule has 0 saturated carbocycles. The Labute approximate surface area is 109 Å². The van der Waals surface area contributed by atoms with E-state index in [1.165, 1.54) is 6.26 Å². The summed E-state index contributed by atoms with van der Waals surface area (Å²) in [7, 11) is 1.72. The van der Waals surface area contributed by atoms with Crippen LogP contribution in [0.1, 0.15) is 16.4 Å². The number of para-hydroxylation sites is 2. The Balaban J connectivity index is 1.79. The highest BCUT2D eigenvalue weighted by Gasteiger charge is 2.15. The second kappa shape index (κ2) is 4.61. The molecule has 2 heterocycles. The first-order valence-corrected chi connectivity index (χ1v) is 5.96. The van der Waals surface area contributed by atoms with Crippen LogP contribution in [0, 0.1) is 0 Å². The van der Waals surface area contributed by atoms with Crippen LogP contribution in [0.3, 0.4) is 0 Å². The van der Waals surface area contributed by atoms with Crippen molar-refractivity contribution in [3.05, 3.63) is 54.2 Å². The molecule has 3 rings (SSSR count). The number of imidazole rings is 1. The highest BCUT2D eigenvalue weighted by atomic mass is 16.3. The molecule has 96 valence electrons. The van der Waals surface area contributed by atoms with Crippen molar-refractivity contribution in [3.8, 4) is 0 Å². The van der Waals surface area contributed by atoms with Crippen LogP contribution in [-0.2, 0) is 6.54 Å². The molecule has 1 aromatic carbocycles. The van der Waals surface area contributed by atoms with Crippen LogP contribution in [0.25, 0.3) is 11.0 Å². The standard InChI is InChI=1S/C14H13N3O2/c1-17(14(18)12-7-4-8-19-12)9-13-15-10-5-2-3-6-11(10)16-13/h2-8H,9H2,1H3,(H,15,16). The predicted molar refractivity (Wildman–Crippen MR) is 70.6 cm³/mol. The average molecular weight is 255 g/mol. The normalized spacial score (nSPS) is 10.8. The summed E-state index contributed by atoms with van der Waals surface area (Å²) in [6.07, 6.45) is 1.49.